The topological polar surface area (TPSA) is 42.4 Å². The summed E-state index contributed by atoms with van der Waals surface area (Å²) in [5.41, 5.74) is 3.66. The minimum Gasteiger partial charge on any atom is -0.496 e. The molecule has 21 heavy (non-hydrogen) atoms. The summed E-state index contributed by atoms with van der Waals surface area (Å²) in [5.74, 6) is 0.544. The molecule has 2 aromatic rings. The van der Waals surface area contributed by atoms with Gasteiger partial charge in [0.2, 0.25) is 0 Å². The van der Waals surface area contributed by atoms with Crippen LogP contribution >= 0.6 is 0 Å². The Morgan fingerprint density at radius 3 is 2.48 bits per heavy atom. The van der Waals surface area contributed by atoms with Gasteiger partial charge >= 0.3 is 0 Å². The van der Waals surface area contributed by atoms with Gasteiger partial charge in [-0.15, -0.1) is 0 Å². The summed E-state index contributed by atoms with van der Waals surface area (Å²) in [4.78, 5) is 4.38. The molecule has 1 atom stereocenters. The maximum absolute atomic E-state index is 12.9. The zero-order chi connectivity index (χ0) is 15.4. The molecule has 1 heterocycles. The number of aliphatic hydroxyl groups excluding tert-OH is 1. The Morgan fingerprint density at radius 1 is 1.19 bits per heavy atom. The first-order valence-electron chi connectivity index (χ1n) is 6.93. The molecule has 1 aromatic carbocycles. The number of rotatable bonds is 5. The third-order valence-corrected chi connectivity index (χ3v) is 3.56. The van der Waals surface area contributed by atoms with E-state index in [0.717, 1.165) is 28.1 Å². The Bertz CT molecular complexity index is 611. The van der Waals surface area contributed by atoms with Crippen molar-refractivity contribution in [2.75, 3.05) is 7.11 Å². The van der Waals surface area contributed by atoms with Crippen molar-refractivity contribution >= 4 is 0 Å². The molecular formula is C17H20FNO2. The minimum atomic E-state index is -0.561. The lowest BCUT2D eigenvalue weighted by molar-refractivity contribution is 0.174. The number of aryl methyl sites for hydroxylation is 1. The van der Waals surface area contributed by atoms with Gasteiger partial charge in [-0.3, -0.25) is 4.98 Å². The molecule has 0 amide bonds. The van der Waals surface area contributed by atoms with Crippen LogP contribution in [0.15, 0.2) is 30.5 Å². The predicted octanol–water partition coefficient (Wildman–Crippen LogP) is 2.99. The standard InChI is InChI=1S/C17H20FNO2/c1-11-10-19-16(12(2)17(11)21-3)9-15(20)8-13-4-6-14(18)7-5-13/h4-7,10,15,20H,8-9H2,1-3H3. The Hall–Kier alpha value is -1.94. The molecule has 0 aliphatic carbocycles. The molecule has 1 N–H and O–H groups in total. The van der Waals surface area contributed by atoms with Crippen molar-refractivity contribution in [3.63, 3.8) is 0 Å². The lowest BCUT2D eigenvalue weighted by atomic mass is 10.0. The average Bonchev–Trinajstić information content (AvgIpc) is 2.45. The number of ether oxygens (including phenoxy) is 1. The quantitative estimate of drug-likeness (QED) is 0.920. The number of aromatic nitrogens is 1. The summed E-state index contributed by atoms with van der Waals surface area (Å²) >= 11 is 0. The molecule has 2 rings (SSSR count). The maximum atomic E-state index is 12.9. The van der Waals surface area contributed by atoms with Crippen LogP contribution in [0.4, 0.5) is 4.39 Å². The number of nitrogens with zero attached hydrogens (tertiary/aromatic N) is 1. The molecule has 0 aliphatic heterocycles. The number of hydrogen-bond donors (Lipinski definition) is 1. The molecule has 0 saturated heterocycles. The summed E-state index contributed by atoms with van der Waals surface area (Å²) in [5, 5.41) is 10.2. The van der Waals surface area contributed by atoms with Crippen LogP contribution in [-0.4, -0.2) is 23.3 Å². The van der Waals surface area contributed by atoms with Gasteiger partial charge in [-0.1, -0.05) is 12.1 Å². The van der Waals surface area contributed by atoms with Crippen molar-refractivity contribution in [3.05, 3.63) is 58.7 Å². The van der Waals surface area contributed by atoms with Gasteiger partial charge in [0.25, 0.3) is 0 Å². The zero-order valence-electron chi connectivity index (χ0n) is 12.6. The second-order valence-electron chi connectivity index (χ2n) is 5.23. The van der Waals surface area contributed by atoms with Crippen LogP contribution in [0, 0.1) is 19.7 Å². The van der Waals surface area contributed by atoms with E-state index in [1.54, 1.807) is 25.4 Å². The largest absolute Gasteiger partial charge is 0.496 e. The van der Waals surface area contributed by atoms with Crippen molar-refractivity contribution in [2.24, 2.45) is 0 Å². The van der Waals surface area contributed by atoms with Crippen LogP contribution in [-0.2, 0) is 12.8 Å². The molecule has 1 aromatic heterocycles. The number of benzene rings is 1. The fourth-order valence-electron chi connectivity index (χ4n) is 2.46. The Morgan fingerprint density at radius 2 is 1.86 bits per heavy atom. The molecule has 0 fully saturated rings. The predicted molar refractivity (Wildman–Crippen MR) is 80.1 cm³/mol. The molecular weight excluding hydrogens is 269 g/mol. The first-order chi connectivity index (χ1) is 10.0. The summed E-state index contributed by atoms with van der Waals surface area (Å²) < 4.78 is 18.2. The Balaban J connectivity index is 2.09. The SMILES string of the molecule is COc1c(C)cnc(CC(O)Cc2ccc(F)cc2)c1C. The van der Waals surface area contributed by atoms with Gasteiger partial charge < -0.3 is 9.84 Å². The lowest BCUT2D eigenvalue weighted by Crippen LogP contribution is -2.16. The molecule has 4 heteroatoms. The van der Waals surface area contributed by atoms with Crippen molar-refractivity contribution in [3.8, 4) is 5.75 Å². The van der Waals surface area contributed by atoms with Crippen LogP contribution in [0.5, 0.6) is 5.75 Å². The van der Waals surface area contributed by atoms with Crippen LogP contribution in [0.3, 0.4) is 0 Å². The third kappa shape index (κ3) is 3.79. The number of hydrogen-bond acceptors (Lipinski definition) is 3. The number of halogens is 1. The molecule has 3 nitrogen and oxygen atoms in total. The van der Waals surface area contributed by atoms with Gasteiger partial charge in [0.05, 0.1) is 13.2 Å². The molecule has 112 valence electrons. The highest BCUT2D eigenvalue weighted by molar-refractivity contribution is 5.41. The van der Waals surface area contributed by atoms with Crippen molar-refractivity contribution in [1.82, 2.24) is 4.98 Å². The number of pyridine rings is 1. The molecule has 1 unspecified atom stereocenters. The van der Waals surface area contributed by atoms with E-state index >= 15 is 0 Å². The lowest BCUT2D eigenvalue weighted by Gasteiger charge is -2.15. The summed E-state index contributed by atoms with van der Waals surface area (Å²) in [6, 6.07) is 6.18. The van der Waals surface area contributed by atoms with E-state index in [4.69, 9.17) is 4.74 Å². The van der Waals surface area contributed by atoms with Crippen LogP contribution in [0.2, 0.25) is 0 Å². The van der Waals surface area contributed by atoms with Gasteiger partial charge in [-0.05, 0) is 38.0 Å². The van der Waals surface area contributed by atoms with E-state index in [1.165, 1.54) is 12.1 Å². The van der Waals surface area contributed by atoms with E-state index in [-0.39, 0.29) is 5.82 Å². The van der Waals surface area contributed by atoms with E-state index < -0.39 is 6.10 Å². The van der Waals surface area contributed by atoms with E-state index in [2.05, 4.69) is 4.98 Å². The third-order valence-electron chi connectivity index (χ3n) is 3.56. The molecule has 0 spiro atoms. The molecule has 0 bridgehead atoms. The molecule has 0 saturated carbocycles. The summed E-state index contributed by atoms with van der Waals surface area (Å²) in [6.07, 6.45) is 2.11. The minimum absolute atomic E-state index is 0.269. The van der Waals surface area contributed by atoms with Gasteiger partial charge in [0.15, 0.2) is 0 Å². The average molecular weight is 289 g/mol. The summed E-state index contributed by atoms with van der Waals surface area (Å²) in [6.45, 7) is 3.89. The first kappa shape index (κ1) is 15.4. The van der Waals surface area contributed by atoms with E-state index in [9.17, 15) is 9.50 Å². The normalized spacial score (nSPS) is 12.2. The van der Waals surface area contributed by atoms with Crippen molar-refractivity contribution in [2.45, 2.75) is 32.8 Å². The number of methoxy groups -OCH3 is 1. The number of aliphatic hydroxyl groups is 1. The first-order valence-corrected chi connectivity index (χ1v) is 6.93. The van der Waals surface area contributed by atoms with Crippen LogP contribution < -0.4 is 4.74 Å². The summed E-state index contributed by atoms with van der Waals surface area (Å²) in [7, 11) is 1.63. The Labute approximate surface area is 124 Å². The molecule has 0 aliphatic rings. The van der Waals surface area contributed by atoms with E-state index in [0.29, 0.717) is 12.8 Å². The molecule has 0 radical (unpaired) electrons. The van der Waals surface area contributed by atoms with Gasteiger partial charge in [0, 0.05) is 29.4 Å². The van der Waals surface area contributed by atoms with E-state index in [1.807, 2.05) is 13.8 Å². The van der Waals surface area contributed by atoms with Gasteiger partial charge in [-0.2, -0.15) is 0 Å². The monoisotopic (exact) mass is 289 g/mol. The second-order valence-corrected chi connectivity index (χ2v) is 5.23. The Kier molecular flexibility index (Phi) is 4.91. The highest BCUT2D eigenvalue weighted by atomic mass is 19.1. The highest BCUT2D eigenvalue weighted by Crippen LogP contribution is 2.25. The van der Waals surface area contributed by atoms with Crippen molar-refractivity contribution < 1.29 is 14.2 Å². The highest BCUT2D eigenvalue weighted by Gasteiger charge is 2.14. The van der Waals surface area contributed by atoms with Gasteiger partial charge in [-0.25, -0.2) is 4.39 Å². The second kappa shape index (κ2) is 6.68. The maximum Gasteiger partial charge on any atom is 0.128 e. The smallest absolute Gasteiger partial charge is 0.128 e. The zero-order valence-corrected chi connectivity index (χ0v) is 12.6. The van der Waals surface area contributed by atoms with Crippen LogP contribution in [0.1, 0.15) is 22.4 Å². The van der Waals surface area contributed by atoms with Gasteiger partial charge in [0.1, 0.15) is 11.6 Å². The fraction of sp³-hybridized carbons (Fsp3) is 0.353. The fourth-order valence-corrected chi connectivity index (χ4v) is 2.46. The van der Waals surface area contributed by atoms with Crippen molar-refractivity contribution in [1.29, 1.82) is 0 Å². The van der Waals surface area contributed by atoms with Crippen LogP contribution in [0.25, 0.3) is 0 Å².